The Labute approximate surface area is 108 Å². The highest BCUT2D eigenvalue weighted by Crippen LogP contribution is 2.25. The molecule has 1 heterocycles. The number of hydrogen-bond acceptors (Lipinski definition) is 4. The maximum atomic E-state index is 5.91. The highest BCUT2D eigenvalue weighted by Gasteiger charge is 2.22. The summed E-state index contributed by atoms with van der Waals surface area (Å²) in [4.78, 5) is 4.30. The number of benzene rings is 1. The fraction of sp³-hybridized carbons (Fsp3) is 0.333. The van der Waals surface area contributed by atoms with Crippen molar-refractivity contribution in [2.45, 2.75) is 26.3 Å². The molecule has 0 fully saturated rings. The zero-order valence-corrected chi connectivity index (χ0v) is 11.6. The van der Waals surface area contributed by atoms with Crippen LogP contribution in [-0.4, -0.2) is 10.1 Å². The molecule has 0 saturated heterocycles. The van der Waals surface area contributed by atoms with Gasteiger partial charge in [-0.2, -0.15) is 4.98 Å². The van der Waals surface area contributed by atoms with Crippen LogP contribution in [0.25, 0.3) is 11.5 Å². The van der Waals surface area contributed by atoms with Crippen LogP contribution in [0.2, 0.25) is 0 Å². The highest BCUT2D eigenvalue weighted by atomic mass is 79.9. The lowest BCUT2D eigenvalue weighted by Crippen LogP contribution is -2.30. The van der Waals surface area contributed by atoms with Crippen molar-refractivity contribution in [3.05, 3.63) is 34.1 Å². The molecule has 0 bridgehead atoms. The first-order valence-electron chi connectivity index (χ1n) is 5.27. The van der Waals surface area contributed by atoms with Crippen molar-refractivity contribution in [3.63, 3.8) is 0 Å². The van der Waals surface area contributed by atoms with Crippen molar-refractivity contribution in [2.75, 3.05) is 0 Å². The smallest absolute Gasteiger partial charge is 0.258 e. The molecule has 2 aromatic rings. The molecule has 2 rings (SSSR count). The van der Waals surface area contributed by atoms with Gasteiger partial charge in [0, 0.05) is 10.0 Å². The average Bonchev–Trinajstić information content (AvgIpc) is 2.70. The van der Waals surface area contributed by atoms with Gasteiger partial charge in [-0.3, -0.25) is 0 Å². The summed E-state index contributed by atoms with van der Waals surface area (Å²) in [6.45, 7) is 5.70. The van der Waals surface area contributed by atoms with E-state index >= 15 is 0 Å². The molecule has 4 nitrogen and oxygen atoms in total. The minimum atomic E-state index is -0.594. The lowest BCUT2D eigenvalue weighted by atomic mass is 10.1. The van der Waals surface area contributed by atoms with Crippen LogP contribution < -0.4 is 5.73 Å². The maximum Gasteiger partial charge on any atom is 0.258 e. The van der Waals surface area contributed by atoms with Crippen LogP contribution >= 0.6 is 15.9 Å². The summed E-state index contributed by atoms with van der Waals surface area (Å²) in [7, 11) is 0. The van der Waals surface area contributed by atoms with Crippen LogP contribution in [0.15, 0.2) is 27.2 Å². The molecule has 5 heteroatoms. The van der Waals surface area contributed by atoms with E-state index in [9.17, 15) is 0 Å². The normalized spacial score (nSPS) is 11.8. The molecule has 90 valence electrons. The van der Waals surface area contributed by atoms with Crippen LogP contribution in [0.3, 0.4) is 0 Å². The zero-order chi connectivity index (χ0) is 12.6. The molecule has 1 aromatic carbocycles. The van der Waals surface area contributed by atoms with Crippen LogP contribution in [0.1, 0.15) is 25.2 Å². The molecule has 0 aliphatic heterocycles. The summed E-state index contributed by atoms with van der Waals surface area (Å²) >= 11 is 3.48. The van der Waals surface area contributed by atoms with Gasteiger partial charge in [0.15, 0.2) is 5.82 Å². The third-order valence-electron chi connectivity index (χ3n) is 2.42. The second-order valence-corrected chi connectivity index (χ2v) is 5.46. The van der Waals surface area contributed by atoms with Crippen molar-refractivity contribution in [2.24, 2.45) is 5.73 Å². The molecule has 0 aliphatic rings. The van der Waals surface area contributed by atoms with Gasteiger partial charge in [0.05, 0.1) is 5.54 Å². The van der Waals surface area contributed by atoms with Crippen molar-refractivity contribution in [1.82, 2.24) is 10.1 Å². The van der Waals surface area contributed by atoms with Gasteiger partial charge >= 0.3 is 0 Å². The van der Waals surface area contributed by atoms with E-state index in [0.717, 1.165) is 15.6 Å². The number of nitrogens with zero attached hydrogens (tertiary/aromatic N) is 2. The van der Waals surface area contributed by atoms with Gasteiger partial charge in [-0.15, -0.1) is 0 Å². The Morgan fingerprint density at radius 2 is 2.06 bits per heavy atom. The molecule has 0 saturated carbocycles. The van der Waals surface area contributed by atoms with E-state index in [-0.39, 0.29) is 0 Å². The van der Waals surface area contributed by atoms with E-state index in [2.05, 4.69) is 26.1 Å². The molecule has 0 amide bonds. The van der Waals surface area contributed by atoms with E-state index in [0.29, 0.717) is 11.7 Å². The van der Waals surface area contributed by atoms with Gasteiger partial charge < -0.3 is 10.3 Å². The Morgan fingerprint density at radius 1 is 1.35 bits per heavy atom. The van der Waals surface area contributed by atoms with E-state index in [1.165, 1.54) is 0 Å². The van der Waals surface area contributed by atoms with Gasteiger partial charge in [-0.1, -0.05) is 27.2 Å². The minimum Gasteiger partial charge on any atom is -0.334 e. The summed E-state index contributed by atoms with van der Waals surface area (Å²) in [6, 6.07) is 5.90. The Bertz CT molecular complexity index is 543. The molecule has 0 spiro atoms. The molecule has 2 N–H and O–H groups in total. The highest BCUT2D eigenvalue weighted by molar-refractivity contribution is 9.10. The number of nitrogens with two attached hydrogens (primary N) is 1. The third-order valence-corrected chi connectivity index (χ3v) is 3.28. The molecule has 0 unspecified atom stereocenters. The molecule has 0 aliphatic carbocycles. The largest absolute Gasteiger partial charge is 0.334 e. The third kappa shape index (κ3) is 2.56. The number of aryl methyl sites for hydroxylation is 1. The molecule has 17 heavy (non-hydrogen) atoms. The van der Waals surface area contributed by atoms with Crippen LogP contribution in [0, 0.1) is 6.92 Å². The van der Waals surface area contributed by atoms with Crippen molar-refractivity contribution >= 4 is 15.9 Å². The Kier molecular flexibility index (Phi) is 3.05. The molecular formula is C12H14BrN3O. The Balaban J connectivity index is 2.40. The van der Waals surface area contributed by atoms with Crippen molar-refractivity contribution < 1.29 is 4.52 Å². The maximum absolute atomic E-state index is 5.91. The first kappa shape index (κ1) is 12.3. The summed E-state index contributed by atoms with van der Waals surface area (Å²) in [5.74, 6) is 0.989. The predicted octanol–water partition coefficient (Wildman–Crippen LogP) is 3.00. The van der Waals surface area contributed by atoms with Crippen LogP contribution in [0.4, 0.5) is 0 Å². The minimum absolute atomic E-state index is 0.485. The molecule has 1 aromatic heterocycles. The summed E-state index contributed by atoms with van der Waals surface area (Å²) in [5.41, 5.74) is 7.35. The van der Waals surface area contributed by atoms with Gasteiger partial charge in [0.2, 0.25) is 0 Å². The van der Waals surface area contributed by atoms with Crippen LogP contribution in [0.5, 0.6) is 0 Å². The van der Waals surface area contributed by atoms with Crippen molar-refractivity contribution in [1.29, 1.82) is 0 Å². The monoisotopic (exact) mass is 295 g/mol. The number of rotatable bonds is 2. The first-order chi connectivity index (χ1) is 7.88. The van der Waals surface area contributed by atoms with E-state index < -0.39 is 5.54 Å². The first-order valence-corrected chi connectivity index (χ1v) is 6.07. The second kappa shape index (κ2) is 4.23. The van der Waals surface area contributed by atoms with Gasteiger partial charge in [0.1, 0.15) is 0 Å². The fourth-order valence-corrected chi connectivity index (χ4v) is 1.71. The summed E-state index contributed by atoms with van der Waals surface area (Å²) in [5, 5.41) is 3.89. The van der Waals surface area contributed by atoms with E-state index in [1.54, 1.807) is 0 Å². The van der Waals surface area contributed by atoms with E-state index in [4.69, 9.17) is 10.3 Å². The predicted molar refractivity (Wildman–Crippen MR) is 69.4 cm³/mol. The Morgan fingerprint density at radius 3 is 2.59 bits per heavy atom. The molecular weight excluding hydrogens is 282 g/mol. The fourth-order valence-electron chi connectivity index (χ4n) is 1.33. The number of aromatic nitrogens is 2. The summed E-state index contributed by atoms with van der Waals surface area (Å²) < 4.78 is 6.23. The lowest BCUT2D eigenvalue weighted by molar-refractivity contribution is 0.397. The average molecular weight is 296 g/mol. The van der Waals surface area contributed by atoms with Gasteiger partial charge in [0.25, 0.3) is 5.89 Å². The van der Waals surface area contributed by atoms with Gasteiger partial charge in [-0.25, -0.2) is 0 Å². The van der Waals surface area contributed by atoms with Crippen LogP contribution in [-0.2, 0) is 5.54 Å². The second-order valence-electron chi connectivity index (χ2n) is 4.61. The number of hydrogen-bond donors (Lipinski definition) is 1. The lowest BCUT2D eigenvalue weighted by Gasteiger charge is -2.11. The SMILES string of the molecule is Cc1ccc(-c2nc(C(C)(C)N)no2)cc1Br. The van der Waals surface area contributed by atoms with Crippen molar-refractivity contribution in [3.8, 4) is 11.5 Å². The topological polar surface area (TPSA) is 64.9 Å². The van der Waals surface area contributed by atoms with E-state index in [1.807, 2.05) is 39.0 Å². The molecule has 0 radical (unpaired) electrons. The standard InChI is InChI=1S/C12H14BrN3O/c1-7-4-5-8(6-9(7)13)10-15-11(16-17-10)12(2,3)14/h4-6H,14H2,1-3H3. The quantitative estimate of drug-likeness (QED) is 0.925. The number of halogens is 1. The summed E-state index contributed by atoms with van der Waals surface area (Å²) in [6.07, 6.45) is 0. The molecule has 0 atom stereocenters. The Hall–Kier alpha value is -1.20. The van der Waals surface area contributed by atoms with Gasteiger partial charge in [-0.05, 0) is 38.5 Å². The zero-order valence-electron chi connectivity index (χ0n) is 9.99.